The Morgan fingerprint density at radius 3 is 2.46 bits per heavy atom. The summed E-state index contributed by atoms with van der Waals surface area (Å²) >= 11 is 0. The van der Waals surface area contributed by atoms with E-state index in [1.54, 1.807) is 0 Å². The monoisotopic (exact) mass is 178 g/mol. The first-order chi connectivity index (χ1) is 6.24. The Morgan fingerprint density at radius 2 is 2.00 bits per heavy atom. The molecule has 0 heterocycles. The highest BCUT2D eigenvalue weighted by Crippen LogP contribution is 2.22. The first-order valence-corrected chi connectivity index (χ1v) is 4.50. The normalized spacial score (nSPS) is 12.4. The summed E-state index contributed by atoms with van der Waals surface area (Å²) < 4.78 is 0. The minimum absolute atomic E-state index is 0.152. The first kappa shape index (κ1) is 9.78. The molecule has 0 spiro atoms. The molecule has 0 aliphatic rings. The molecule has 0 bridgehead atoms. The summed E-state index contributed by atoms with van der Waals surface area (Å²) in [6.45, 7) is 2.01. The third-order valence-corrected chi connectivity index (χ3v) is 2.18. The third kappa shape index (κ3) is 2.90. The van der Waals surface area contributed by atoms with Crippen LogP contribution in [0.5, 0.6) is 0 Å². The van der Waals surface area contributed by atoms with Gasteiger partial charge in [-0.2, -0.15) is 0 Å². The van der Waals surface area contributed by atoms with E-state index in [-0.39, 0.29) is 12.3 Å². The average molecular weight is 178 g/mol. The molecule has 0 aliphatic carbocycles. The van der Waals surface area contributed by atoms with Gasteiger partial charge in [-0.15, -0.1) is 0 Å². The van der Waals surface area contributed by atoms with Crippen LogP contribution in [0.2, 0.25) is 0 Å². The van der Waals surface area contributed by atoms with Crippen LogP contribution in [0.15, 0.2) is 30.3 Å². The summed E-state index contributed by atoms with van der Waals surface area (Å²) in [6.07, 6.45) is 1.09. The van der Waals surface area contributed by atoms with Crippen molar-refractivity contribution in [2.45, 2.75) is 25.7 Å². The molecule has 0 saturated carbocycles. The quantitative estimate of drug-likeness (QED) is 0.769. The maximum absolute atomic E-state index is 10.5. The summed E-state index contributed by atoms with van der Waals surface area (Å²) in [5.74, 6) is -0.575. The molecule has 0 saturated heterocycles. The lowest BCUT2D eigenvalue weighted by molar-refractivity contribution is -0.137. The average Bonchev–Trinajstić information content (AvgIpc) is 2.15. The highest BCUT2D eigenvalue weighted by molar-refractivity contribution is 5.68. The Labute approximate surface area is 78.2 Å². The van der Waals surface area contributed by atoms with Crippen LogP contribution in [0.4, 0.5) is 0 Å². The summed E-state index contributed by atoms with van der Waals surface area (Å²) in [4.78, 5) is 10.5. The van der Waals surface area contributed by atoms with E-state index in [9.17, 15) is 4.79 Å². The van der Waals surface area contributed by atoms with Gasteiger partial charge in [0.15, 0.2) is 0 Å². The zero-order valence-electron chi connectivity index (χ0n) is 7.73. The van der Waals surface area contributed by atoms with Gasteiger partial charge in [0.25, 0.3) is 0 Å². The highest BCUT2D eigenvalue weighted by Gasteiger charge is 2.12. The Bertz CT molecular complexity index is 267. The summed E-state index contributed by atoms with van der Waals surface area (Å²) in [5.41, 5.74) is 1.12. The lowest BCUT2D eigenvalue weighted by Crippen LogP contribution is -2.05. The largest absolute Gasteiger partial charge is 0.481 e. The fourth-order valence-electron chi connectivity index (χ4n) is 1.43. The second-order valence-electron chi connectivity index (χ2n) is 3.11. The fourth-order valence-corrected chi connectivity index (χ4v) is 1.43. The predicted molar refractivity (Wildman–Crippen MR) is 51.7 cm³/mol. The fraction of sp³-hybridized carbons (Fsp3) is 0.364. The molecule has 1 rings (SSSR count). The van der Waals surface area contributed by atoms with E-state index in [1.165, 1.54) is 0 Å². The molecule has 0 unspecified atom stereocenters. The molecular weight excluding hydrogens is 164 g/mol. The smallest absolute Gasteiger partial charge is 0.303 e. The molecule has 2 nitrogen and oxygen atoms in total. The number of carboxylic acid groups (broad SMARTS) is 1. The second kappa shape index (κ2) is 4.65. The van der Waals surface area contributed by atoms with Crippen molar-refractivity contribution < 1.29 is 9.90 Å². The van der Waals surface area contributed by atoms with Crippen molar-refractivity contribution in [1.82, 2.24) is 0 Å². The van der Waals surface area contributed by atoms with E-state index in [4.69, 9.17) is 5.11 Å². The molecule has 2 heteroatoms. The van der Waals surface area contributed by atoms with Gasteiger partial charge in [0.1, 0.15) is 0 Å². The molecular formula is C11H14O2. The van der Waals surface area contributed by atoms with Crippen molar-refractivity contribution in [3.8, 4) is 0 Å². The summed E-state index contributed by atoms with van der Waals surface area (Å²) in [5, 5.41) is 8.68. The van der Waals surface area contributed by atoms with Crippen molar-refractivity contribution in [2.24, 2.45) is 0 Å². The molecule has 0 aromatic heterocycles. The maximum Gasteiger partial charge on any atom is 0.303 e. The minimum Gasteiger partial charge on any atom is -0.481 e. The van der Waals surface area contributed by atoms with Crippen molar-refractivity contribution in [3.63, 3.8) is 0 Å². The van der Waals surface area contributed by atoms with Gasteiger partial charge in [-0.1, -0.05) is 37.3 Å². The number of carbonyl (C=O) groups is 1. The van der Waals surface area contributed by atoms with Gasteiger partial charge < -0.3 is 5.11 Å². The second-order valence-corrected chi connectivity index (χ2v) is 3.11. The number of hydrogen-bond acceptors (Lipinski definition) is 1. The van der Waals surface area contributed by atoms with Crippen molar-refractivity contribution in [3.05, 3.63) is 35.9 Å². The molecule has 13 heavy (non-hydrogen) atoms. The van der Waals surface area contributed by atoms with Gasteiger partial charge in [0.2, 0.25) is 0 Å². The first-order valence-electron chi connectivity index (χ1n) is 4.50. The molecule has 1 N–H and O–H groups in total. The van der Waals surface area contributed by atoms with Gasteiger partial charge in [-0.05, 0) is 17.9 Å². The van der Waals surface area contributed by atoms with Crippen LogP contribution >= 0.6 is 0 Å². The Kier molecular flexibility index (Phi) is 3.50. The molecule has 0 fully saturated rings. The zero-order valence-corrected chi connectivity index (χ0v) is 7.73. The van der Waals surface area contributed by atoms with Gasteiger partial charge in [0, 0.05) is 0 Å². The molecule has 0 amide bonds. The van der Waals surface area contributed by atoms with Crippen LogP contribution in [-0.2, 0) is 4.79 Å². The van der Waals surface area contributed by atoms with E-state index in [0.717, 1.165) is 12.0 Å². The van der Waals surface area contributed by atoms with Crippen molar-refractivity contribution in [2.75, 3.05) is 0 Å². The van der Waals surface area contributed by atoms with Gasteiger partial charge in [-0.25, -0.2) is 0 Å². The lowest BCUT2D eigenvalue weighted by atomic mass is 9.93. The van der Waals surface area contributed by atoms with Crippen molar-refractivity contribution in [1.29, 1.82) is 0 Å². The Morgan fingerprint density at radius 1 is 1.38 bits per heavy atom. The van der Waals surface area contributed by atoms with Crippen LogP contribution in [0.3, 0.4) is 0 Å². The van der Waals surface area contributed by atoms with Crippen LogP contribution in [0.1, 0.15) is 31.2 Å². The molecule has 70 valence electrons. The van der Waals surface area contributed by atoms with Gasteiger partial charge in [-0.3, -0.25) is 4.79 Å². The standard InChI is InChI=1S/C11H14O2/c1-2-9(8-11(12)13)10-6-4-3-5-7-10/h3-7,9H,2,8H2,1H3,(H,12,13)/t9-/m0/s1. The van der Waals surface area contributed by atoms with E-state index < -0.39 is 5.97 Å². The number of hydrogen-bond donors (Lipinski definition) is 1. The number of aliphatic carboxylic acids is 1. The third-order valence-electron chi connectivity index (χ3n) is 2.18. The topological polar surface area (TPSA) is 37.3 Å². The van der Waals surface area contributed by atoms with E-state index in [0.29, 0.717) is 0 Å². The van der Waals surface area contributed by atoms with Crippen LogP contribution in [-0.4, -0.2) is 11.1 Å². The van der Waals surface area contributed by atoms with Crippen molar-refractivity contribution >= 4 is 5.97 Å². The Hall–Kier alpha value is -1.31. The van der Waals surface area contributed by atoms with Crippen LogP contribution in [0, 0.1) is 0 Å². The Balaban J connectivity index is 2.73. The molecule has 1 aromatic carbocycles. The van der Waals surface area contributed by atoms with Crippen LogP contribution < -0.4 is 0 Å². The highest BCUT2D eigenvalue weighted by atomic mass is 16.4. The maximum atomic E-state index is 10.5. The van der Waals surface area contributed by atoms with Gasteiger partial charge in [0.05, 0.1) is 6.42 Å². The molecule has 1 atom stereocenters. The molecule has 1 aromatic rings. The van der Waals surface area contributed by atoms with Gasteiger partial charge >= 0.3 is 5.97 Å². The number of carboxylic acids is 1. The molecule has 0 radical (unpaired) electrons. The zero-order chi connectivity index (χ0) is 9.68. The van der Waals surface area contributed by atoms with E-state index in [1.807, 2.05) is 37.3 Å². The lowest BCUT2D eigenvalue weighted by Gasteiger charge is -2.11. The number of rotatable bonds is 4. The van der Waals surface area contributed by atoms with Crippen LogP contribution in [0.25, 0.3) is 0 Å². The number of benzene rings is 1. The predicted octanol–water partition coefficient (Wildman–Crippen LogP) is 2.65. The van der Waals surface area contributed by atoms with E-state index in [2.05, 4.69) is 0 Å². The summed E-state index contributed by atoms with van der Waals surface area (Å²) in [7, 11) is 0. The SMILES string of the molecule is CC[C@@H](CC(=O)O)c1ccccc1. The summed E-state index contributed by atoms with van der Waals surface area (Å²) in [6, 6.07) is 9.80. The van der Waals surface area contributed by atoms with E-state index >= 15 is 0 Å². The minimum atomic E-state index is -0.726. The molecule has 0 aliphatic heterocycles.